The molecule has 0 heterocycles. The van der Waals surface area contributed by atoms with Crippen LogP contribution in [0, 0.1) is 0 Å². The zero-order valence-electron chi connectivity index (χ0n) is 16.4. The van der Waals surface area contributed by atoms with Crippen molar-refractivity contribution < 1.29 is 14.3 Å². The van der Waals surface area contributed by atoms with E-state index in [0.29, 0.717) is 11.3 Å². The molecule has 0 fully saturated rings. The molecule has 2 aromatic carbocycles. The lowest BCUT2D eigenvalue weighted by Gasteiger charge is -2.04. The maximum Gasteiger partial charge on any atom is 0.153 e. The molecular weight excluding hydrogens is 312 g/mol. The second-order valence-electron chi connectivity index (χ2n) is 4.16. The Morgan fingerprint density at radius 1 is 0.840 bits per heavy atom. The molecule has 3 heteroatoms. The van der Waals surface area contributed by atoms with Crippen LogP contribution in [0.4, 0.5) is 0 Å². The van der Waals surface area contributed by atoms with Crippen molar-refractivity contribution in [3.8, 4) is 11.5 Å². The Hall–Kier alpha value is -2.55. The van der Waals surface area contributed by atoms with Crippen molar-refractivity contribution in [3.63, 3.8) is 0 Å². The van der Waals surface area contributed by atoms with Crippen LogP contribution in [0.25, 0.3) is 0 Å². The van der Waals surface area contributed by atoms with Crippen LogP contribution in [0.15, 0.2) is 61.2 Å². The molecule has 0 aliphatic heterocycles. The third-order valence-electron chi connectivity index (χ3n) is 2.82. The SMILES string of the molecule is C=CCc1ccccc1OC.CC.CC.COc1ccccc1C=O. The minimum atomic E-state index is 0.588. The van der Waals surface area contributed by atoms with E-state index < -0.39 is 0 Å². The van der Waals surface area contributed by atoms with Gasteiger partial charge in [0.2, 0.25) is 0 Å². The molecule has 0 radical (unpaired) electrons. The largest absolute Gasteiger partial charge is 0.496 e. The minimum absolute atomic E-state index is 0.588. The number of para-hydroxylation sites is 2. The molecule has 25 heavy (non-hydrogen) atoms. The average molecular weight is 344 g/mol. The van der Waals surface area contributed by atoms with E-state index >= 15 is 0 Å². The molecule has 0 N–H and O–H groups in total. The van der Waals surface area contributed by atoms with Gasteiger partial charge in [-0.25, -0.2) is 0 Å². The Kier molecular flexibility index (Phi) is 17.6. The van der Waals surface area contributed by atoms with Crippen LogP contribution in [0.1, 0.15) is 43.6 Å². The predicted octanol–water partition coefficient (Wildman–Crippen LogP) is 5.98. The van der Waals surface area contributed by atoms with Gasteiger partial charge in [-0.15, -0.1) is 6.58 Å². The first kappa shape index (κ1) is 24.7. The highest BCUT2D eigenvalue weighted by atomic mass is 16.5. The molecule has 2 aromatic rings. The van der Waals surface area contributed by atoms with E-state index in [2.05, 4.69) is 6.58 Å². The number of methoxy groups -OCH3 is 2. The Balaban J connectivity index is 0. The van der Waals surface area contributed by atoms with Crippen molar-refractivity contribution in [2.24, 2.45) is 0 Å². The molecule has 0 amide bonds. The van der Waals surface area contributed by atoms with E-state index in [4.69, 9.17) is 9.47 Å². The topological polar surface area (TPSA) is 35.5 Å². The average Bonchev–Trinajstić information content (AvgIpc) is 2.72. The Morgan fingerprint density at radius 3 is 1.76 bits per heavy atom. The number of carbonyl (C=O) groups is 1. The molecule has 0 saturated carbocycles. The molecule has 0 aliphatic carbocycles. The molecule has 2 rings (SSSR count). The quantitative estimate of drug-likeness (QED) is 0.494. The molecule has 0 spiro atoms. The summed E-state index contributed by atoms with van der Waals surface area (Å²) in [5.74, 6) is 1.56. The molecular formula is C22H32O3. The van der Waals surface area contributed by atoms with Crippen LogP contribution in [0.5, 0.6) is 11.5 Å². The van der Waals surface area contributed by atoms with Gasteiger partial charge in [-0.05, 0) is 30.2 Å². The van der Waals surface area contributed by atoms with Gasteiger partial charge >= 0.3 is 0 Å². The van der Waals surface area contributed by atoms with Crippen molar-refractivity contribution in [1.29, 1.82) is 0 Å². The monoisotopic (exact) mass is 344 g/mol. The highest BCUT2D eigenvalue weighted by molar-refractivity contribution is 5.79. The van der Waals surface area contributed by atoms with Crippen LogP contribution in [-0.4, -0.2) is 20.5 Å². The van der Waals surface area contributed by atoms with Gasteiger partial charge in [0.05, 0.1) is 19.8 Å². The van der Waals surface area contributed by atoms with Gasteiger partial charge < -0.3 is 9.47 Å². The first-order valence-corrected chi connectivity index (χ1v) is 8.57. The van der Waals surface area contributed by atoms with Gasteiger partial charge in [-0.2, -0.15) is 0 Å². The Morgan fingerprint density at radius 2 is 1.32 bits per heavy atom. The summed E-state index contributed by atoms with van der Waals surface area (Å²) in [5.41, 5.74) is 1.77. The lowest BCUT2D eigenvalue weighted by Crippen LogP contribution is -1.88. The van der Waals surface area contributed by atoms with E-state index in [9.17, 15) is 4.79 Å². The van der Waals surface area contributed by atoms with Crippen molar-refractivity contribution in [2.75, 3.05) is 14.2 Å². The molecule has 0 aliphatic rings. The number of hydrogen-bond donors (Lipinski definition) is 0. The van der Waals surface area contributed by atoms with Gasteiger partial charge in [-0.1, -0.05) is 64.1 Å². The van der Waals surface area contributed by atoms with Gasteiger partial charge in [0, 0.05) is 0 Å². The van der Waals surface area contributed by atoms with Gasteiger partial charge in [0.15, 0.2) is 6.29 Å². The summed E-state index contributed by atoms with van der Waals surface area (Å²) in [6.45, 7) is 11.7. The van der Waals surface area contributed by atoms with E-state index in [-0.39, 0.29) is 0 Å². The van der Waals surface area contributed by atoms with Gasteiger partial charge in [0.1, 0.15) is 11.5 Å². The standard InChI is InChI=1S/C10H12O.C8H8O2.2C2H6/c1-3-6-9-7-4-5-8-10(9)11-2;1-10-8-5-3-2-4-7(8)6-9;2*1-2/h3-5,7-8H,1,6H2,2H3;2-6H,1H3;2*1-2H3. The fourth-order valence-corrected chi connectivity index (χ4v) is 1.79. The van der Waals surface area contributed by atoms with Crippen LogP contribution in [-0.2, 0) is 6.42 Å². The highest BCUT2D eigenvalue weighted by Gasteiger charge is 1.97. The van der Waals surface area contributed by atoms with Gasteiger partial charge in [0.25, 0.3) is 0 Å². The zero-order chi connectivity index (χ0) is 19.5. The number of carbonyl (C=O) groups excluding carboxylic acids is 1. The molecule has 0 saturated heterocycles. The van der Waals surface area contributed by atoms with E-state index in [1.165, 1.54) is 5.56 Å². The lowest BCUT2D eigenvalue weighted by molar-refractivity contribution is 0.112. The summed E-state index contributed by atoms with van der Waals surface area (Å²) in [7, 11) is 3.23. The van der Waals surface area contributed by atoms with Crippen molar-refractivity contribution >= 4 is 6.29 Å². The predicted molar refractivity (Wildman–Crippen MR) is 108 cm³/mol. The lowest BCUT2D eigenvalue weighted by atomic mass is 10.1. The number of rotatable bonds is 5. The number of ether oxygens (including phenoxy) is 2. The molecule has 0 atom stereocenters. The maximum absolute atomic E-state index is 10.3. The number of hydrogen-bond acceptors (Lipinski definition) is 3. The van der Waals surface area contributed by atoms with Crippen LogP contribution in [0.3, 0.4) is 0 Å². The summed E-state index contributed by atoms with van der Waals surface area (Å²) >= 11 is 0. The summed E-state index contributed by atoms with van der Waals surface area (Å²) in [6, 6.07) is 15.1. The molecule has 0 bridgehead atoms. The first-order chi connectivity index (χ1) is 12.3. The Bertz CT molecular complexity index is 577. The Labute approximate surface area is 153 Å². The maximum atomic E-state index is 10.3. The fraction of sp³-hybridized carbons (Fsp3) is 0.318. The zero-order valence-corrected chi connectivity index (χ0v) is 16.4. The molecule has 0 unspecified atom stereocenters. The van der Waals surface area contributed by atoms with E-state index in [1.807, 2.05) is 64.1 Å². The minimum Gasteiger partial charge on any atom is -0.496 e. The fourth-order valence-electron chi connectivity index (χ4n) is 1.79. The van der Waals surface area contributed by atoms with Crippen molar-refractivity contribution in [1.82, 2.24) is 0 Å². The molecule has 0 aromatic heterocycles. The van der Waals surface area contributed by atoms with Crippen LogP contribution in [0.2, 0.25) is 0 Å². The molecule has 3 nitrogen and oxygen atoms in total. The highest BCUT2D eigenvalue weighted by Crippen LogP contribution is 2.17. The van der Waals surface area contributed by atoms with Crippen molar-refractivity contribution in [3.05, 3.63) is 72.3 Å². The second-order valence-corrected chi connectivity index (χ2v) is 4.16. The smallest absolute Gasteiger partial charge is 0.153 e. The normalized spacial score (nSPS) is 8.08. The number of benzene rings is 2. The second kappa shape index (κ2) is 17.8. The summed E-state index contributed by atoms with van der Waals surface area (Å²) < 4.78 is 10.1. The van der Waals surface area contributed by atoms with Crippen LogP contribution >= 0.6 is 0 Å². The summed E-state index contributed by atoms with van der Waals surface area (Å²) in [4.78, 5) is 10.3. The summed E-state index contributed by atoms with van der Waals surface area (Å²) in [6.07, 6.45) is 3.51. The molecule has 138 valence electrons. The summed E-state index contributed by atoms with van der Waals surface area (Å²) in [5, 5.41) is 0. The number of aldehydes is 1. The number of allylic oxidation sites excluding steroid dienone is 1. The first-order valence-electron chi connectivity index (χ1n) is 8.57. The third-order valence-corrected chi connectivity index (χ3v) is 2.82. The van der Waals surface area contributed by atoms with Crippen molar-refractivity contribution in [2.45, 2.75) is 34.1 Å². The van der Waals surface area contributed by atoms with Crippen LogP contribution < -0.4 is 9.47 Å². The third kappa shape index (κ3) is 10.0. The van der Waals surface area contributed by atoms with E-state index in [1.54, 1.807) is 32.4 Å². The van der Waals surface area contributed by atoms with Gasteiger partial charge in [-0.3, -0.25) is 4.79 Å². The van der Waals surface area contributed by atoms with E-state index in [0.717, 1.165) is 18.5 Å².